The van der Waals surface area contributed by atoms with Crippen LogP contribution in [0, 0.1) is 0 Å². The smallest absolute Gasteiger partial charge is 0.190 e. The molecule has 0 unspecified atom stereocenters. The summed E-state index contributed by atoms with van der Waals surface area (Å²) in [5.74, 6) is 1.15. The maximum atomic E-state index is 6.17. The highest BCUT2D eigenvalue weighted by atomic mass is 35.5. The third-order valence-corrected chi connectivity index (χ3v) is 5.10. The summed E-state index contributed by atoms with van der Waals surface area (Å²) in [5, 5.41) is 4.63. The van der Waals surface area contributed by atoms with Gasteiger partial charge in [-0.15, -0.1) is 11.3 Å². The lowest BCUT2D eigenvalue weighted by atomic mass is 10.2. The molecule has 0 atom stereocenters. The van der Waals surface area contributed by atoms with Gasteiger partial charge in [0.2, 0.25) is 0 Å². The van der Waals surface area contributed by atoms with E-state index in [0.717, 1.165) is 28.0 Å². The highest BCUT2D eigenvalue weighted by Gasteiger charge is 2.07. The lowest BCUT2D eigenvalue weighted by Gasteiger charge is -2.03. The molecule has 0 fully saturated rings. The lowest BCUT2D eigenvalue weighted by molar-refractivity contribution is 0.969. The van der Waals surface area contributed by atoms with Crippen molar-refractivity contribution >= 4 is 62.2 Å². The Morgan fingerprint density at radius 3 is 2.86 bits per heavy atom. The molecule has 0 amide bonds. The van der Waals surface area contributed by atoms with Gasteiger partial charge >= 0.3 is 0 Å². The monoisotopic (exact) mass is 356 g/mol. The number of fused-ring (bicyclic) bond motifs is 1. The van der Waals surface area contributed by atoms with Crippen LogP contribution >= 0.6 is 46.3 Å². The standard InChI is InChI=1S/C13H10Cl2N4S2/c14-9-6-10(16)19-13(18-9)21-4-2-8-5-7-1-3-20-11(7)12(15)17-8/h1,3,5-6H,2,4H2,(H2,16,18,19). The molecule has 0 bridgehead atoms. The van der Waals surface area contributed by atoms with Gasteiger partial charge in [0.05, 0.1) is 4.70 Å². The molecule has 0 aliphatic carbocycles. The molecule has 0 saturated carbocycles. The van der Waals surface area contributed by atoms with Gasteiger partial charge < -0.3 is 5.73 Å². The minimum absolute atomic E-state index is 0.353. The molecule has 3 aromatic heterocycles. The molecule has 2 N–H and O–H groups in total. The van der Waals surface area contributed by atoms with Crippen LogP contribution in [-0.4, -0.2) is 20.7 Å². The van der Waals surface area contributed by atoms with E-state index >= 15 is 0 Å². The van der Waals surface area contributed by atoms with E-state index in [-0.39, 0.29) is 0 Å². The van der Waals surface area contributed by atoms with Gasteiger partial charge in [0.25, 0.3) is 0 Å². The number of halogens is 2. The first-order valence-electron chi connectivity index (χ1n) is 6.07. The van der Waals surface area contributed by atoms with Crippen molar-refractivity contribution in [3.63, 3.8) is 0 Å². The third-order valence-electron chi connectivity index (χ3n) is 2.73. The number of aryl methyl sites for hydroxylation is 1. The van der Waals surface area contributed by atoms with Crippen LogP contribution in [0.15, 0.2) is 28.7 Å². The summed E-state index contributed by atoms with van der Waals surface area (Å²) in [5.41, 5.74) is 6.59. The number of nitrogen functional groups attached to an aromatic ring is 1. The zero-order valence-corrected chi connectivity index (χ0v) is 13.9. The quantitative estimate of drug-likeness (QED) is 0.326. The molecule has 3 rings (SSSR count). The molecule has 0 radical (unpaired) electrons. The zero-order valence-electron chi connectivity index (χ0n) is 10.7. The Bertz CT molecular complexity index is 771. The summed E-state index contributed by atoms with van der Waals surface area (Å²) in [6, 6.07) is 5.63. The Labute approximate surface area is 139 Å². The molecule has 4 nitrogen and oxygen atoms in total. The number of nitrogens with two attached hydrogens (primary N) is 1. The molecule has 0 saturated heterocycles. The van der Waals surface area contributed by atoms with Crippen molar-refractivity contribution in [2.45, 2.75) is 11.6 Å². The van der Waals surface area contributed by atoms with E-state index in [9.17, 15) is 0 Å². The van der Waals surface area contributed by atoms with Gasteiger partial charge in [0.15, 0.2) is 5.16 Å². The summed E-state index contributed by atoms with van der Waals surface area (Å²) in [6.45, 7) is 0. The first-order chi connectivity index (χ1) is 10.1. The van der Waals surface area contributed by atoms with E-state index in [2.05, 4.69) is 21.0 Å². The predicted molar refractivity (Wildman–Crippen MR) is 90.5 cm³/mol. The number of thiophene rings is 1. The fourth-order valence-electron chi connectivity index (χ4n) is 1.84. The van der Waals surface area contributed by atoms with E-state index in [4.69, 9.17) is 28.9 Å². The fraction of sp³-hybridized carbons (Fsp3) is 0.154. The van der Waals surface area contributed by atoms with Gasteiger partial charge in [-0.1, -0.05) is 35.0 Å². The maximum absolute atomic E-state index is 6.17. The second-order valence-electron chi connectivity index (χ2n) is 4.24. The Kier molecular flexibility index (Phi) is 4.49. The molecule has 3 heterocycles. The average molecular weight is 357 g/mol. The van der Waals surface area contributed by atoms with Crippen molar-refractivity contribution in [2.24, 2.45) is 0 Å². The summed E-state index contributed by atoms with van der Waals surface area (Å²) < 4.78 is 1.03. The van der Waals surface area contributed by atoms with Gasteiger partial charge in [0.1, 0.15) is 16.1 Å². The molecule has 0 aromatic carbocycles. The topological polar surface area (TPSA) is 64.7 Å². The second kappa shape index (κ2) is 6.36. The summed E-state index contributed by atoms with van der Waals surface area (Å²) in [6.07, 6.45) is 0.770. The fourth-order valence-corrected chi connectivity index (χ4v) is 4.02. The molecule has 0 aliphatic rings. The highest BCUT2D eigenvalue weighted by Crippen LogP contribution is 2.28. The van der Waals surface area contributed by atoms with Gasteiger partial charge in [-0.25, -0.2) is 15.0 Å². The third kappa shape index (κ3) is 3.58. The predicted octanol–water partition coefficient (Wildman–Crippen LogP) is 4.31. The summed E-state index contributed by atoms with van der Waals surface area (Å²) in [4.78, 5) is 12.7. The largest absolute Gasteiger partial charge is 0.384 e. The molecule has 21 heavy (non-hydrogen) atoms. The van der Waals surface area contributed by atoms with Crippen LogP contribution in [0.25, 0.3) is 10.1 Å². The summed E-state index contributed by atoms with van der Waals surface area (Å²) in [7, 11) is 0. The lowest BCUT2D eigenvalue weighted by Crippen LogP contribution is -1.97. The van der Waals surface area contributed by atoms with Gasteiger partial charge in [0, 0.05) is 17.5 Å². The molecule has 8 heteroatoms. The zero-order chi connectivity index (χ0) is 14.8. The Hall–Kier alpha value is -1.08. The number of pyridine rings is 1. The van der Waals surface area contributed by atoms with E-state index < -0.39 is 0 Å². The van der Waals surface area contributed by atoms with Gasteiger partial charge in [-0.3, -0.25) is 0 Å². The first-order valence-corrected chi connectivity index (χ1v) is 8.69. The first kappa shape index (κ1) is 14.8. The number of aromatic nitrogens is 3. The van der Waals surface area contributed by atoms with Crippen LogP contribution in [-0.2, 0) is 6.42 Å². The van der Waals surface area contributed by atoms with Crippen molar-refractivity contribution < 1.29 is 0 Å². The second-order valence-corrected chi connectivity index (χ2v) is 6.96. The van der Waals surface area contributed by atoms with Gasteiger partial charge in [-0.05, 0) is 29.3 Å². The Morgan fingerprint density at radius 1 is 1.19 bits per heavy atom. The van der Waals surface area contributed by atoms with E-state index in [1.165, 1.54) is 17.8 Å². The molecule has 3 aromatic rings. The number of hydrogen-bond acceptors (Lipinski definition) is 6. The maximum Gasteiger partial charge on any atom is 0.190 e. The van der Waals surface area contributed by atoms with Crippen LogP contribution in [0.5, 0.6) is 0 Å². The van der Waals surface area contributed by atoms with Crippen molar-refractivity contribution in [1.82, 2.24) is 15.0 Å². The van der Waals surface area contributed by atoms with Crippen molar-refractivity contribution in [2.75, 3.05) is 11.5 Å². The number of thioether (sulfide) groups is 1. The Balaban J connectivity index is 1.68. The number of anilines is 1. The molecular weight excluding hydrogens is 347 g/mol. The number of hydrogen-bond donors (Lipinski definition) is 1. The number of rotatable bonds is 4. The van der Waals surface area contributed by atoms with Crippen LogP contribution in [0.1, 0.15) is 5.69 Å². The minimum Gasteiger partial charge on any atom is -0.384 e. The van der Waals surface area contributed by atoms with E-state index in [0.29, 0.717) is 21.3 Å². The minimum atomic E-state index is 0.353. The Morgan fingerprint density at radius 2 is 2.05 bits per heavy atom. The average Bonchev–Trinajstić information content (AvgIpc) is 2.86. The van der Waals surface area contributed by atoms with E-state index in [1.54, 1.807) is 11.3 Å². The van der Waals surface area contributed by atoms with Gasteiger partial charge in [-0.2, -0.15) is 0 Å². The SMILES string of the molecule is Nc1cc(Cl)nc(SCCc2cc3ccsc3c(Cl)n2)n1. The summed E-state index contributed by atoms with van der Waals surface area (Å²) >= 11 is 15.1. The normalized spacial score (nSPS) is 11.1. The van der Waals surface area contributed by atoms with Crippen molar-refractivity contribution in [3.8, 4) is 0 Å². The highest BCUT2D eigenvalue weighted by molar-refractivity contribution is 7.99. The molecular formula is C13H10Cl2N4S2. The molecule has 0 spiro atoms. The van der Waals surface area contributed by atoms with Crippen LogP contribution < -0.4 is 5.73 Å². The van der Waals surface area contributed by atoms with Crippen molar-refractivity contribution in [3.05, 3.63) is 39.6 Å². The number of nitrogens with zero attached hydrogens (tertiary/aromatic N) is 3. The van der Waals surface area contributed by atoms with Crippen LogP contribution in [0.2, 0.25) is 10.3 Å². The van der Waals surface area contributed by atoms with Crippen LogP contribution in [0.4, 0.5) is 5.82 Å². The molecule has 0 aliphatic heterocycles. The van der Waals surface area contributed by atoms with Crippen LogP contribution in [0.3, 0.4) is 0 Å². The van der Waals surface area contributed by atoms with Crippen molar-refractivity contribution in [1.29, 1.82) is 0 Å². The van der Waals surface area contributed by atoms with E-state index in [1.807, 2.05) is 11.4 Å². The molecule has 108 valence electrons.